The minimum absolute atomic E-state index is 0.103. The van der Waals surface area contributed by atoms with Crippen molar-refractivity contribution in [1.29, 1.82) is 0 Å². The van der Waals surface area contributed by atoms with Crippen LogP contribution in [0.1, 0.15) is 10.6 Å². The van der Waals surface area contributed by atoms with Gasteiger partial charge in [0.15, 0.2) is 5.76 Å². The van der Waals surface area contributed by atoms with Crippen molar-refractivity contribution in [3.05, 3.63) is 52.9 Å². The van der Waals surface area contributed by atoms with Crippen LogP contribution in [0.25, 0.3) is 0 Å². The molecule has 0 aliphatic rings. The quantitative estimate of drug-likeness (QED) is 0.600. The smallest absolute Gasteiger partial charge is 0.325 e. The molecule has 6 nitrogen and oxygen atoms in total. The summed E-state index contributed by atoms with van der Waals surface area (Å²) in [6, 6.07) is 10.4. The summed E-state index contributed by atoms with van der Waals surface area (Å²) in [5.41, 5.74) is 0. The van der Waals surface area contributed by atoms with E-state index in [1.165, 1.54) is 12.3 Å². The lowest BCUT2D eigenvalue weighted by Gasteiger charge is -2.08. The molecule has 7 heteroatoms. The minimum atomic E-state index is -0.542. The zero-order valence-electron chi connectivity index (χ0n) is 11.6. The van der Waals surface area contributed by atoms with Crippen LogP contribution in [-0.2, 0) is 9.53 Å². The van der Waals surface area contributed by atoms with E-state index in [1.807, 2.05) is 12.1 Å². The highest BCUT2D eigenvalue weighted by molar-refractivity contribution is 9.10. The second-order valence-corrected chi connectivity index (χ2v) is 5.10. The van der Waals surface area contributed by atoms with Crippen LogP contribution in [0, 0.1) is 0 Å². The Hall–Kier alpha value is -2.28. The van der Waals surface area contributed by atoms with Crippen molar-refractivity contribution < 1.29 is 23.5 Å². The van der Waals surface area contributed by atoms with E-state index in [2.05, 4.69) is 21.2 Å². The summed E-state index contributed by atoms with van der Waals surface area (Å²) in [6.45, 7) is 0.114. The van der Waals surface area contributed by atoms with Crippen LogP contribution in [0.2, 0.25) is 0 Å². The molecule has 22 heavy (non-hydrogen) atoms. The van der Waals surface area contributed by atoms with Gasteiger partial charge in [0.05, 0.1) is 6.26 Å². The Kier molecular flexibility index (Phi) is 6.02. The topological polar surface area (TPSA) is 77.8 Å². The molecule has 0 aliphatic carbocycles. The Morgan fingerprint density at radius 2 is 1.91 bits per heavy atom. The van der Waals surface area contributed by atoms with Crippen LogP contribution in [0.5, 0.6) is 5.75 Å². The molecule has 1 heterocycles. The monoisotopic (exact) mass is 367 g/mol. The molecule has 0 fully saturated rings. The number of halogens is 1. The van der Waals surface area contributed by atoms with Crippen LogP contribution >= 0.6 is 15.9 Å². The van der Waals surface area contributed by atoms with Gasteiger partial charge in [0.1, 0.15) is 25.5 Å². The van der Waals surface area contributed by atoms with E-state index in [9.17, 15) is 9.59 Å². The van der Waals surface area contributed by atoms with Crippen LogP contribution in [-0.4, -0.2) is 31.6 Å². The molecule has 0 aliphatic heterocycles. The maximum absolute atomic E-state index is 11.5. The largest absolute Gasteiger partial charge is 0.490 e. The molecule has 0 bridgehead atoms. The number of hydrogen-bond acceptors (Lipinski definition) is 5. The van der Waals surface area contributed by atoms with Gasteiger partial charge in [-0.1, -0.05) is 15.9 Å². The molecule has 0 saturated carbocycles. The van der Waals surface area contributed by atoms with Gasteiger partial charge in [-0.05, 0) is 36.4 Å². The average Bonchev–Trinajstić information content (AvgIpc) is 3.05. The summed E-state index contributed by atoms with van der Waals surface area (Å²) in [5.74, 6) is -0.177. The van der Waals surface area contributed by atoms with Gasteiger partial charge in [0.2, 0.25) is 0 Å². The van der Waals surface area contributed by atoms with Crippen molar-refractivity contribution in [1.82, 2.24) is 5.32 Å². The Morgan fingerprint density at radius 3 is 2.59 bits per heavy atom. The lowest BCUT2D eigenvalue weighted by Crippen LogP contribution is -2.31. The number of ether oxygens (including phenoxy) is 2. The zero-order chi connectivity index (χ0) is 15.8. The number of rotatable bonds is 7. The van der Waals surface area contributed by atoms with Crippen LogP contribution in [0.3, 0.4) is 0 Å². The molecule has 116 valence electrons. The van der Waals surface area contributed by atoms with E-state index in [1.54, 1.807) is 18.2 Å². The van der Waals surface area contributed by atoms with Crippen molar-refractivity contribution >= 4 is 27.8 Å². The Labute approximate surface area is 135 Å². The number of carbonyl (C=O) groups is 2. The highest BCUT2D eigenvalue weighted by Crippen LogP contribution is 2.15. The average molecular weight is 368 g/mol. The highest BCUT2D eigenvalue weighted by atomic mass is 79.9. The van der Waals surface area contributed by atoms with Gasteiger partial charge in [-0.25, -0.2) is 0 Å². The highest BCUT2D eigenvalue weighted by Gasteiger charge is 2.10. The predicted octanol–water partition coefficient (Wildman–Crippen LogP) is 2.39. The SMILES string of the molecule is O=C(CNC(=O)c1ccco1)OCCOc1ccc(Br)cc1. The number of hydrogen-bond donors (Lipinski definition) is 1. The summed E-state index contributed by atoms with van der Waals surface area (Å²) in [6.07, 6.45) is 1.38. The number of carbonyl (C=O) groups excluding carboxylic acids is 2. The summed E-state index contributed by atoms with van der Waals surface area (Å²) < 4.78 is 16.2. The molecule has 2 aromatic rings. The molecule has 1 aromatic carbocycles. The zero-order valence-corrected chi connectivity index (χ0v) is 13.2. The Bertz CT molecular complexity index is 609. The molecule has 2 rings (SSSR count). The Balaban J connectivity index is 1.59. The fourth-order valence-electron chi connectivity index (χ4n) is 1.54. The van der Waals surface area contributed by atoms with E-state index in [-0.39, 0.29) is 25.5 Å². The molecule has 1 amide bonds. The fourth-order valence-corrected chi connectivity index (χ4v) is 1.81. The van der Waals surface area contributed by atoms with Gasteiger partial charge in [-0.15, -0.1) is 0 Å². The van der Waals surface area contributed by atoms with E-state index in [4.69, 9.17) is 13.9 Å². The molecular formula is C15H14BrNO5. The number of amides is 1. The molecule has 0 spiro atoms. The minimum Gasteiger partial charge on any atom is -0.490 e. The third kappa shape index (κ3) is 5.25. The van der Waals surface area contributed by atoms with Gasteiger partial charge in [0.25, 0.3) is 5.91 Å². The summed E-state index contributed by atoms with van der Waals surface area (Å²) in [4.78, 5) is 23.0. The standard InChI is InChI=1S/C15H14BrNO5/c16-11-3-5-12(6-4-11)20-8-9-22-14(18)10-17-15(19)13-2-1-7-21-13/h1-7H,8-10H2,(H,17,19). The number of nitrogens with one attached hydrogen (secondary N) is 1. The maximum atomic E-state index is 11.5. The maximum Gasteiger partial charge on any atom is 0.325 e. The molecule has 0 radical (unpaired) electrons. The lowest BCUT2D eigenvalue weighted by molar-refractivity contribution is -0.143. The van der Waals surface area contributed by atoms with Gasteiger partial charge in [0, 0.05) is 4.47 Å². The number of furan rings is 1. The second kappa shape index (κ2) is 8.23. The van der Waals surface area contributed by atoms with Crippen molar-refractivity contribution in [2.75, 3.05) is 19.8 Å². The first-order valence-electron chi connectivity index (χ1n) is 6.51. The van der Waals surface area contributed by atoms with Gasteiger partial charge in [-0.2, -0.15) is 0 Å². The Morgan fingerprint density at radius 1 is 1.14 bits per heavy atom. The molecule has 1 aromatic heterocycles. The van der Waals surface area contributed by atoms with E-state index >= 15 is 0 Å². The number of esters is 1. The molecule has 1 N–H and O–H groups in total. The van der Waals surface area contributed by atoms with Gasteiger partial charge < -0.3 is 19.2 Å². The second-order valence-electron chi connectivity index (χ2n) is 4.18. The number of benzene rings is 1. The van der Waals surface area contributed by atoms with Crippen molar-refractivity contribution in [2.45, 2.75) is 0 Å². The van der Waals surface area contributed by atoms with Crippen molar-refractivity contribution in [3.8, 4) is 5.75 Å². The van der Waals surface area contributed by atoms with Crippen LogP contribution in [0.4, 0.5) is 0 Å². The molecular weight excluding hydrogens is 354 g/mol. The van der Waals surface area contributed by atoms with E-state index < -0.39 is 11.9 Å². The summed E-state index contributed by atoms with van der Waals surface area (Å²) in [7, 11) is 0. The third-order valence-corrected chi connectivity index (χ3v) is 3.10. The van der Waals surface area contributed by atoms with Gasteiger partial charge in [-0.3, -0.25) is 9.59 Å². The van der Waals surface area contributed by atoms with Gasteiger partial charge >= 0.3 is 5.97 Å². The normalized spacial score (nSPS) is 10.0. The van der Waals surface area contributed by atoms with Crippen LogP contribution in [0.15, 0.2) is 51.6 Å². The fraction of sp³-hybridized carbons (Fsp3) is 0.200. The predicted molar refractivity (Wildman–Crippen MR) is 81.6 cm³/mol. The lowest BCUT2D eigenvalue weighted by atomic mass is 10.3. The first-order valence-corrected chi connectivity index (χ1v) is 7.30. The van der Waals surface area contributed by atoms with Crippen molar-refractivity contribution in [3.63, 3.8) is 0 Å². The molecule has 0 atom stereocenters. The first kappa shape index (κ1) is 16.1. The molecule has 0 unspecified atom stereocenters. The molecule has 0 saturated heterocycles. The summed E-state index contributed by atoms with van der Waals surface area (Å²) in [5, 5.41) is 2.40. The summed E-state index contributed by atoms with van der Waals surface area (Å²) >= 11 is 3.32. The van der Waals surface area contributed by atoms with E-state index in [0.29, 0.717) is 5.75 Å². The van der Waals surface area contributed by atoms with Crippen molar-refractivity contribution in [2.24, 2.45) is 0 Å². The first-order chi connectivity index (χ1) is 10.6. The van der Waals surface area contributed by atoms with Crippen LogP contribution < -0.4 is 10.1 Å². The third-order valence-electron chi connectivity index (χ3n) is 2.57. The van der Waals surface area contributed by atoms with E-state index in [0.717, 1.165) is 4.47 Å².